The Morgan fingerprint density at radius 3 is 1.32 bits per heavy atom. The van der Waals surface area contributed by atoms with E-state index in [0.717, 1.165) is 5.57 Å². The molecular formula is C15H15KO3. The normalized spacial score (nSPS) is 8.42. The van der Waals surface area contributed by atoms with Crippen LogP contribution in [0.3, 0.4) is 0 Å². The Morgan fingerprint density at radius 2 is 1.05 bits per heavy atom. The van der Waals surface area contributed by atoms with E-state index in [0.29, 0.717) is 0 Å². The first-order valence-corrected chi connectivity index (χ1v) is 5.33. The molecule has 94 valence electrons. The van der Waals surface area contributed by atoms with Gasteiger partial charge >= 0.3 is 57.5 Å². The van der Waals surface area contributed by atoms with Gasteiger partial charge < -0.3 is 10.2 Å². The summed E-state index contributed by atoms with van der Waals surface area (Å²) in [5.41, 5.74) is 3.43. The van der Waals surface area contributed by atoms with Crippen LogP contribution in [0.5, 0.6) is 0 Å². The molecule has 2 aromatic rings. The zero-order valence-electron chi connectivity index (χ0n) is 9.78. The molecule has 0 saturated carbocycles. The quantitative estimate of drug-likeness (QED) is 0.831. The van der Waals surface area contributed by atoms with E-state index >= 15 is 0 Å². The van der Waals surface area contributed by atoms with Crippen molar-refractivity contribution in [3.05, 3.63) is 78.4 Å². The Hall–Kier alpha value is -0.914. The summed E-state index contributed by atoms with van der Waals surface area (Å²) in [7, 11) is 0. The van der Waals surface area contributed by atoms with Crippen molar-refractivity contribution in [3.63, 3.8) is 0 Å². The fraction of sp³-hybridized carbons (Fsp3) is 0. The van der Waals surface area contributed by atoms with Gasteiger partial charge in [0.05, 0.1) is 0 Å². The van der Waals surface area contributed by atoms with Crippen LogP contribution in [0.1, 0.15) is 11.1 Å². The zero-order valence-corrected chi connectivity index (χ0v) is 9.78. The van der Waals surface area contributed by atoms with E-state index in [-0.39, 0.29) is 51.4 Å². The van der Waals surface area contributed by atoms with Gasteiger partial charge in [0.2, 0.25) is 0 Å². The SMILES string of the molecule is C=C(c1ccccc1)c1ccccc1.O=C(O)O.[KH]. The topological polar surface area (TPSA) is 57.5 Å². The molecule has 0 aliphatic heterocycles. The van der Waals surface area contributed by atoms with Crippen molar-refractivity contribution in [2.24, 2.45) is 0 Å². The third-order valence-corrected chi connectivity index (χ3v) is 2.24. The molecule has 0 bridgehead atoms. The molecule has 0 heterocycles. The molecule has 0 unspecified atom stereocenters. The van der Waals surface area contributed by atoms with Gasteiger partial charge in [0, 0.05) is 0 Å². The molecule has 0 saturated heterocycles. The molecule has 2 aromatic carbocycles. The number of rotatable bonds is 2. The van der Waals surface area contributed by atoms with E-state index in [9.17, 15) is 0 Å². The van der Waals surface area contributed by atoms with E-state index < -0.39 is 6.16 Å². The molecule has 0 spiro atoms. The molecule has 0 fully saturated rings. The first-order chi connectivity index (χ1) is 8.61. The van der Waals surface area contributed by atoms with Gasteiger partial charge in [-0.1, -0.05) is 67.2 Å². The van der Waals surface area contributed by atoms with Crippen molar-refractivity contribution in [3.8, 4) is 0 Å². The minimum absolute atomic E-state index is 0. The summed E-state index contributed by atoms with van der Waals surface area (Å²) < 4.78 is 0. The van der Waals surface area contributed by atoms with Gasteiger partial charge in [0.15, 0.2) is 0 Å². The summed E-state index contributed by atoms with van der Waals surface area (Å²) in [6.07, 6.45) is -1.83. The second kappa shape index (κ2) is 9.94. The number of carbonyl (C=O) groups is 1. The molecule has 4 heteroatoms. The van der Waals surface area contributed by atoms with Crippen LogP contribution in [0.15, 0.2) is 67.2 Å². The minimum atomic E-state index is -1.83. The van der Waals surface area contributed by atoms with Crippen molar-refractivity contribution >= 4 is 63.1 Å². The van der Waals surface area contributed by atoms with Gasteiger partial charge in [-0.05, 0) is 16.7 Å². The Kier molecular flexibility index (Phi) is 9.47. The van der Waals surface area contributed by atoms with Crippen LogP contribution >= 0.6 is 0 Å². The molecule has 3 nitrogen and oxygen atoms in total. The first kappa shape index (κ1) is 18.1. The first-order valence-electron chi connectivity index (χ1n) is 5.33. The van der Waals surface area contributed by atoms with E-state index in [4.69, 9.17) is 15.0 Å². The summed E-state index contributed by atoms with van der Waals surface area (Å²) in [4.78, 5) is 8.56. The fourth-order valence-electron chi connectivity index (χ4n) is 1.45. The number of carboxylic acid groups (broad SMARTS) is 2. The van der Waals surface area contributed by atoms with E-state index in [2.05, 4.69) is 30.8 Å². The third kappa shape index (κ3) is 7.30. The fourth-order valence-corrected chi connectivity index (χ4v) is 1.45. The van der Waals surface area contributed by atoms with Crippen molar-refractivity contribution in [2.45, 2.75) is 0 Å². The van der Waals surface area contributed by atoms with E-state index in [1.165, 1.54) is 11.1 Å². The maximum atomic E-state index is 8.56. The van der Waals surface area contributed by atoms with Gasteiger partial charge in [-0.3, -0.25) is 0 Å². The number of hydrogen-bond donors (Lipinski definition) is 2. The monoisotopic (exact) mass is 282 g/mol. The molecule has 0 atom stereocenters. The Bertz CT molecular complexity index is 464. The van der Waals surface area contributed by atoms with Crippen molar-refractivity contribution < 1.29 is 15.0 Å². The van der Waals surface area contributed by atoms with Crippen LogP contribution in [0.2, 0.25) is 0 Å². The average molecular weight is 282 g/mol. The Balaban J connectivity index is 0.000000576. The number of benzene rings is 2. The molecule has 2 rings (SSSR count). The molecule has 0 radical (unpaired) electrons. The van der Waals surface area contributed by atoms with Crippen LogP contribution < -0.4 is 0 Å². The van der Waals surface area contributed by atoms with Gasteiger partial charge in [-0.2, -0.15) is 0 Å². The Morgan fingerprint density at radius 1 is 0.789 bits per heavy atom. The van der Waals surface area contributed by atoms with Crippen LogP contribution in [0.4, 0.5) is 4.79 Å². The number of hydrogen-bond acceptors (Lipinski definition) is 1. The zero-order chi connectivity index (χ0) is 13.4. The predicted octanol–water partition coefficient (Wildman–Crippen LogP) is 3.32. The predicted molar refractivity (Wildman–Crippen MR) is 78.8 cm³/mol. The van der Waals surface area contributed by atoms with Gasteiger partial charge in [0.25, 0.3) is 0 Å². The Labute approximate surface area is 155 Å². The molecule has 0 amide bonds. The van der Waals surface area contributed by atoms with Gasteiger partial charge in [-0.25, -0.2) is 4.79 Å². The molecule has 2 N–H and O–H groups in total. The van der Waals surface area contributed by atoms with Crippen molar-refractivity contribution in [2.75, 3.05) is 0 Å². The third-order valence-electron chi connectivity index (χ3n) is 2.24. The summed E-state index contributed by atoms with van der Waals surface area (Å²) in [5, 5.41) is 13.9. The molecule has 19 heavy (non-hydrogen) atoms. The second-order valence-corrected chi connectivity index (χ2v) is 3.49. The van der Waals surface area contributed by atoms with Gasteiger partial charge in [0.1, 0.15) is 0 Å². The van der Waals surface area contributed by atoms with E-state index in [1.54, 1.807) is 0 Å². The summed E-state index contributed by atoms with van der Waals surface area (Å²) in [5.74, 6) is 0. The average Bonchev–Trinajstić information content (AvgIpc) is 2.39. The summed E-state index contributed by atoms with van der Waals surface area (Å²) in [6.45, 7) is 4.10. The van der Waals surface area contributed by atoms with Crippen molar-refractivity contribution in [1.29, 1.82) is 0 Å². The molecular weight excluding hydrogens is 267 g/mol. The van der Waals surface area contributed by atoms with Crippen LogP contribution in [-0.4, -0.2) is 67.8 Å². The van der Waals surface area contributed by atoms with E-state index in [1.807, 2.05) is 36.4 Å². The van der Waals surface area contributed by atoms with Gasteiger partial charge in [-0.15, -0.1) is 0 Å². The van der Waals surface area contributed by atoms with Crippen LogP contribution in [0, 0.1) is 0 Å². The maximum absolute atomic E-state index is 8.56. The van der Waals surface area contributed by atoms with Crippen LogP contribution in [0.25, 0.3) is 5.57 Å². The molecule has 0 aliphatic carbocycles. The molecule has 0 aliphatic rings. The second-order valence-electron chi connectivity index (χ2n) is 3.49. The van der Waals surface area contributed by atoms with Crippen LogP contribution in [-0.2, 0) is 0 Å². The van der Waals surface area contributed by atoms with Crippen molar-refractivity contribution in [1.82, 2.24) is 0 Å². The summed E-state index contributed by atoms with van der Waals surface area (Å²) in [6, 6.07) is 20.5. The molecule has 0 aromatic heterocycles. The summed E-state index contributed by atoms with van der Waals surface area (Å²) >= 11 is 0. The standard InChI is InChI=1S/C14H12.CH2O3.K.H/c1-12(13-8-4-2-5-9-13)14-10-6-3-7-11-14;2-1(3)4;;/h2-11H,1H2;(H2,2,3,4);;.